The minimum absolute atomic E-state index is 0.0443. The fourth-order valence-electron chi connectivity index (χ4n) is 6.04. The van der Waals surface area contributed by atoms with Crippen LogP contribution >= 0.6 is 34.8 Å². The van der Waals surface area contributed by atoms with E-state index in [9.17, 15) is 20.0 Å². The Balaban J connectivity index is 1.91. The van der Waals surface area contributed by atoms with Gasteiger partial charge in [-0.2, -0.15) is 5.26 Å². The van der Waals surface area contributed by atoms with Gasteiger partial charge < -0.3 is 20.2 Å². The van der Waals surface area contributed by atoms with E-state index in [-0.39, 0.29) is 64.8 Å². The van der Waals surface area contributed by atoms with Gasteiger partial charge in [0.1, 0.15) is 22.3 Å². The number of hydrogen-bond donors (Lipinski definition) is 2. The lowest BCUT2D eigenvalue weighted by Gasteiger charge is -2.41. The standard InChI is InChI=1S/C32H29Cl3F2N6O3/c1-6-20(44)42-10-9-41(13-16(42)5)29-17-11-19(33)27(21-24(36)22(34)23(35)30(45)25(21)37)40-31(17)43(32(46)18(29)12-38)28-15(4)7-8-39-26(28)14(2)3/h6-8,11,14,16,26,39,45H,1,9-10,13H2,2-5H3/t16-,26?/m1/s1. The van der Waals surface area contributed by atoms with Gasteiger partial charge in [0.2, 0.25) is 5.91 Å². The van der Waals surface area contributed by atoms with Gasteiger partial charge >= 0.3 is 0 Å². The smallest absolute Gasteiger partial charge is 0.276 e. The maximum atomic E-state index is 15.5. The van der Waals surface area contributed by atoms with Gasteiger partial charge in [0.05, 0.1) is 38.7 Å². The molecule has 2 atom stereocenters. The number of dihydropyridines is 1. The van der Waals surface area contributed by atoms with E-state index in [1.807, 2.05) is 20.8 Å². The number of aromatic hydroxyl groups is 1. The highest BCUT2D eigenvalue weighted by atomic mass is 35.5. The number of benzene rings is 1. The minimum atomic E-state index is -1.45. The molecule has 1 amide bonds. The van der Waals surface area contributed by atoms with Crippen molar-refractivity contribution in [3.05, 3.63) is 79.2 Å². The number of phenolic OH excluding ortho intramolecular Hbond substituents is 1. The van der Waals surface area contributed by atoms with Crippen molar-refractivity contribution in [1.29, 1.82) is 5.26 Å². The van der Waals surface area contributed by atoms with Crippen molar-refractivity contribution in [2.24, 2.45) is 5.92 Å². The summed E-state index contributed by atoms with van der Waals surface area (Å²) in [5.41, 5.74) is -0.869. The predicted octanol–water partition coefficient (Wildman–Crippen LogP) is 6.47. The van der Waals surface area contributed by atoms with Crippen LogP contribution in [0.2, 0.25) is 15.1 Å². The number of hydrogen-bond acceptors (Lipinski definition) is 7. The Kier molecular flexibility index (Phi) is 9.10. The summed E-state index contributed by atoms with van der Waals surface area (Å²) < 4.78 is 32.3. The summed E-state index contributed by atoms with van der Waals surface area (Å²) in [5.74, 6) is -4.16. The highest BCUT2D eigenvalue weighted by Crippen LogP contribution is 2.45. The molecule has 1 fully saturated rings. The van der Waals surface area contributed by atoms with Gasteiger partial charge in [-0.05, 0) is 49.8 Å². The third kappa shape index (κ3) is 5.28. The lowest BCUT2D eigenvalue weighted by atomic mass is 9.94. The molecule has 2 aromatic heterocycles. The van der Waals surface area contributed by atoms with E-state index in [1.165, 1.54) is 16.7 Å². The van der Waals surface area contributed by atoms with Crippen LogP contribution in [0.4, 0.5) is 14.5 Å². The second-order valence-electron chi connectivity index (χ2n) is 11.5. The molecule has 0 spiro atoms. The number of nitrogens with zero attached hydrogens (tertiary/aromatic N) is 5. The van der Waals surface area contributed by atoms with Gasteiger partial charge in [0, 0.05) is 31.1 Å². The highest BCUT2D eigenvalue weighted by Gasteiger charge is 2.34. The normalized spacial score (nSPS) is 18.3. The third-order valence-electron chi connectivity index (χ3n) is 8.28. The van der Waals surface area contributed by atoms with Gasteiger partial charge in [-0.25, -0.2) is 13.8 Å². The SMILES string of the molecule is C=CC(=O)N1CCN(c2c(C#N)c(=O)n(C3=C(C)C=CNC3C(C)C)c3nc(-c4c(F)c(O)c(Cl)c(Cl)c4F)c(Cl)cc23)C[C@H]1C. The molecule has 2 aliphatic rings. The zero-order chi connectivity index (χ0) is 33.8. The number of rotatable bonds is 5. The molecule has 1 unspecified atom stereocenters. The minimum Gasteiger partial charge on any atom is -0.504 e. The van der Waals surface area contributed by atoms with Crippen LogP contribution in [0.25, 0.3) is 28.0 Å². The molecule has 9 nitrogen and oxygen atoms in total. The first-order chi connectivity index (χ1) is 21.7. The van der Waals surface area contributed by atoms with Crippen LogP contribution in [0.1, 0.15) is 33.3 Å². The molecule has 2 aliphatic heterocycles. The average Bonchev–Trinajstić information content (AvgIpc) is 3.02. The van der Waals surface area contributed by atoms with E-state index in [1.54, 1.807) is 29.0 Å². The first-order valence-corrected chi connectivity index (χ1v) is 15.4. The fraction of sp³-hybridized carbons (Fsp3) is 0.312. The second kappa shape index (κ2) is 12.6. The van der Waals surface area contributed by atoms with E-state index in [4.69, 9.17) is 34.8 Å². The van der Waals surface area contributed by atoms with Crippen LogP contribution in [0, 0.1) is 28.9 Å². The molecular formula is C32H29Cl3F2N6O3. The number of nitriles is 1. The van der Waals surface area contributed by atoms with Gasteiger partial charge in [0.15, 0.2) is 17.4 Å². The Morgan fingerprint density at radius 2 is 1.93 bits per heavy atom. The molecule has 0 bridgehead atoms. The zero-order valence-electron chi connectivity index (χ0n) is 25.3. The van der Waals surface area contributed by atoms with Gasteiger partial charge in [-0.1, -0.05) is 55.2 Å². The number of fused-ring (bicyclic) bond motifs is 1. The Morgan fingerprint density at radius 1 is 1.24 bits per heavy atom. The monoisotopic (exact) mass is 688 g/mol. The summed E-state index contributed by atoms with van der Waals surface area (Å²) in [6.07, 6.45) is 4.74. The van der Waals surface area contributed by atoms with E-state index >= 15 is 8.78 Å². The largest absolute Gasteiger partial charge is 0.504 e. The number of carbonyl (C=O) groups excluding carboxylic acids is 1. The summed E-state index contributed by atoms with van der Waals surface area (Å²) in [7, 11) is 0. The number of piperazine rings is 1. The summed E-state index contributed by atoms with van der Waals surface area (Å²) in [4.78, 5) is 34.9. The zero-order valence-corrected chi connectivity index (χ0v) is 27.5. The summed E-state index contributed by atoms with van der Waals surface area (Å²) in [6.45, 7) is 11.9. The number of amides is 1. The first-order valence-electron chi connectivity index (χ1n) is 14.3. The molecule has 240 valence electrons. The Hall–Kier alpha value is -4.11. The third-order valence-corrected chi connectivity index (χ3v) is 9.39. The van der Waals surface area contributed by atoms with Gasteiger partial charge in [-0.15, -0.1) is 0 Å². The van der Waals surface area contributed by atoms with Crippen LogP contribution in [0.15, 0.2) is 41.4 Å². The van der Waals surface area contributed by atoms with Crippen molar-refractivity contribution >= 4 is 63.1 Å². The summed E-state index contributed by atoms with van der Waals surface area (Å²) in [6, 6.07) is 2.71. The number of aromatic nitrogens is 2. The summed E-state index contributed by atoms with van der Waals surface area (Å²) in [5, 5.41) is 22.5. The highest BCUT2D eigenvalue weighted by molar-refractivity contribution is 6.43. The molecule has 1 saturated heterocycles. The lowest BCUT2D eigenvalue weighted by Crippen LogP contribution is -2.54. The van der Waals surface area contributed by atoms with Crippen LogP contribution < -0.4 is 15.8 Å². The van der Waals surface area contributed by atoms with Gasteiger partial charge in [0.25, 0.3) is 5.56 Å². The molecule has 5 rings (SSSR count). The van der Waals surface area contributed by atoms with Crippen LogP contribution in [0.3, 0.4) is 0 Å². The van der Waals surface area contributed by atoms with E-state index in [0.717, 1.165) is 0 Å². The van der Waals surface area contributed by atoms with E-state index in [2.05, 4.69) is 22.9 Å². The van der Waals surface area contributed by atoms with E-state index in [0.29, 0.717) is 11.3 Å². The molecule has 3 aromatic rings. The van der Waals surface area contributed by atoms with Crippen molar-refractivity contribution < 1.29 is 18.7 Å². The number of nitrogens with one attached hydrogen (secondary N) is 1. The summed E-state index contributed by atoms with van der Waals surface area (Å²) >= 11 is 18.5. The molecule has 0 radical (unpaired) electrons. The number of halogens is 5. The van der Waals surface area contributed by atoms with Crippen molar-refractivity contribution in [3.8, 4) is 23.1 Å². The van der Waals surface area contributed by atoms with Crippen molar-refractivity contribution in [2.75, 3.05) is 24.5 Å². The topological polar surface area (TPSA) is 114 Å². The molecule has 46 heavy (non-hydrogen) atoms. The van der Waals surface area contributed by atoms with Gasteiger partial charge in [-0.3, -0.25) is 14.2 Å². The molecule has 0 aliphatic carbocycles. The Morgan fingerprint density at radius 3 is 2.54 bits per heavy atom. The first kappa shape index (κ1) is 33.3. The number of carbonyl (C=O) groups is 1. The van der Waals surface area contributed by atoms with Crippen LogP contribution in [-0.2, 0) is 4.79 Å². The maximum Gasteiger partial charge on any atom is 0.276 e. The number of phenols is 1. The lowest BCUT2D eigenvalue weighted by molar-refractivity contribution is -0.128. The quantitative estimate of drug-likeness (QED) is 0.179. The molecule has 4 heterocycles. The second-order valence-corrected chi connectivity index (χ2v) is 12.6. The number of anilines is 1. The Bertz CT molecular complexity index is 1960. The molecule has 0 saturated carbocycles. The molecule has 14 heteroatoms. The molecular weight excluding hydrogens is 661 g/mol. The van der Waals surface area contributed by atoms with Crippen molar-refractivity contribution in [3.63, 3.8) is 0 Å². The Labute approximate surface area is 278 Å². The maximum absolute atomic E-state index is 15.5. The fourth-order valence-corrected chi connectivity index (χ4v) is 6.64. The molecule has 2 N–H and O–H groups in total. The number of pyridine rings is 2. The van der Waals surface area contributed by atoms with E-state index < -0.39 is 50.3 Å². The van der Waals surface area contributed by atoms with Crippen LogP contribution in [0.5, 0.6) is 5.75 Å². The average molecular weight is 690 g/mol. The number of allylic oxidation sites excluding steroid dienone is 2. The van der Waals surface area contributed by atoms with Crippen LogP contribution in [-0.4, -0.2) is 57.2 Å². The van der Waals surface area contributed by atoms with Crippen molar-refractivity contribution in [2.45, 2.75) is 39.8 Å². The molecule has 1 aromatic carbocycles. The predicted molar refractivity (Wildman–Crippen MR) is 176 cm³/mol. The van der Waals surface area contributed by atoms with Crippen molar-refractivity contribution in [1.82, 2.24) is 19.8 Å².